The molecule has 2 aromatic rings. The van der Waals surface area contributed by atoms with Gasteiger partial charge in [0.05, 0.1) is 20.3 Å². The van der Waals surface area contributed by atoms with Gasteiger partial charge in [0.1, 0.15) is 5.82 Å². The minimum atomic E-state index is 0.443. The van der Waals surface area contributed by atoms with E-state index in [4.69, 9.17) is 14.5 Å². The summed E-state index contributed by atoms with van der Waals surface area (Å²) in [6.45, 7) is 6.16. The number of pyridine rings is 1. The highest BCUT2D eigenvalue weighted by Crippen LogP contribution is 2.23. The predicted molar refractivity (Wildman–Crippen MR) is 108 cm³/mol. The summed E-state index contributed by atoms with van der Waals surface area (Å²) in [6.07, 6.45) is 4.88. The van der Waals surface area contributed by atoms with E-state index in [9.17, 15) is 0 Å². The maximum Gasteiger partial charge on any atom is 0.227 e. The molecule has 8 heteroatoms. The van der Waals surface area contributed by atoms with Gasteiger partial charge in [-0.1, -0.05) is 6.07 Å². The van der Waals surface area contributed by atoms with E-state index < -0.39 is 0 Å². The molecule has 1 atom stereocenters. The van der Waals surface area contributed by atoms with Crippen molar-refractivity contribution in [2.45, 2.75) is 19.0 Å². The minimum absolute atomic E-state index is 0.443. The standard InChI is InChI=1S/C20H28N6O2/c1-24(18-5-7-21-20(23-18)26-9-11-28-12-10-26)17-6-8-25(15-17)14-16-3-4-19(27-2)22-13-16/h3-5,7,13,17H,6,8-12,14-15H2,1-2H3. The minimum Gasteiger partial charge on any atom is -0.481 e. The van der Waals surface area contributed by atoms with E-state index in [1.807, 2.05) is 24.5 Å². The highest BCUT2D eigenvalue weighted by Gasteiger charge is 2.27. The number of morpholine rings is 1. The lowest BCUT2D eigenvalue weighted by molar-refractivity contribution is 0.122. The van der Waals surface area contributed by atoms with E-state index in [0.717, 1.165) is 64.1 Å². The highest BCUT2D eigenvalue weighted by atomic mass is 16.5. The molecule has 4 rings (SSSR count). The largest absolute Gasteiger partial charge is 0.481 e. The molecular weight excluding hydrogens is 356 g/mol. The second kappa shape index (κ2) is 8.70. The van der Waals surface area contributed by atoms with Gasteiger partial charge in [-0.05, 0) is 18.1 Å². The van der Waals surface area contributed by atoms with E-state index in [0.29, 0.717) is 11.9 Å². The molecule has 2 saturated heterocycles. The smallest absolute Gasteiger partial charge is 0.227 e. The van der Waals surface area contributed by atoms with Crippen LogP contribution in [0.2, 0.25) is 0 Å². The maximum absolute atomic E-state index is 5.43. The Hall–Kier alpha value is -2.45. The van der Waals surface area contributed by atoms with Crippen LogP contribution in [0, 0.1) is 0 Å². The molecule has 0 aromatic carbocycles. The second-order valence-electron chi connectivity index (χ2n) is 7.31. The summed E-state index contributed by atoms with van der Waals surface area (Å²) in [5, 5.41) is 0. The quantitative estimate of drug-likeness (QED) is 0.741. The third-order valence-corrected chi connectivity index (χ3v) is 5.49. The number of hydrogen-bond acceptors (Lipinski definition) is 8. The molecule has 0 spiro atoms. The predicted octanol–water partition coefficient (Wildman–Crippen LogP) is 1.43. The van der Waals surface area contributed by atoms with E-state index in [1.54, 1.807) is 7.11 Å². The van der Waals surface area contributed by atoms with Gasteiger partial charge in [0.15, 0.2) is 0 Å². The monoisotopic (exact) mass is 384 g/mol. The second-order valence-corrected chi connectivity index (χ2v) is 7.31. The Kier molecular flexibility index (Phi) is 5.87. The molecule has 8 nitrogen and oxygen atoms in total. The van der Waals surface area contributed by atoms with Gasteiger partial charge in [-0.25, -0.2) is 9.97 Å². The molecule has 1 unspecified atom stereocenters. The molecule has 0 N–H and O–H groups in total. The number of likely N-dealkylation sites (N-methyl/N-ethyl adjacent to an activating group) is 1. The number of hydrogen-bond donors (Lipinski definition) is 0. The van der Waals surface area contributed by atoms with Gasteiger partial charge >= 0.3 is 0 Å². The lowest BCUT2D eigenvalue weighted by Gasteiger charge is -2.29. The SMILES string of the molecule is COc1ccc(CN2CCC(N(C)c3ccnc(N4CCOCC4)n3)C2)cn1. The molecule has 2 aliphatic rings. The fourth-order valence-electron chi connectivity index (χ4n) is 3.79. The van der Waals surface area contributed by atoms with Crippen molar-refractivity contribution in [2.24, 2.45) is 0 Å². The lowest BCUT2D eigenvalue weighted by atomic mass is 10.2. The molecule has 0 radical (unpaired) electrons. The van der Waals surface area contributed by atoms with E-state index in [1.165, 1.54) is 5.56 Å². The van der Waals surface area contributed by atoms with Gasteiger partial charge in [-0.3, -0.25) is 4.90 Å². The number of aromatic nitrogens is 3. The Morgan fingerprint density at radius 2 is 2.04 bits per heavy atom. The number of likely N-dealkylation sites (tertiary alicyclic amines) is 1. The molecular formula is C20H28N6O2. The van der Waals surface area contributed by atoms with Gasteiger partial charge < -0.3 is 19.3 Å². The van der Waals surface area contributed by atoms with Gasteiger partial charge in [0.2, 0.25) is 11.8 Å². The van der Waals surface area contributed by atoms with Gasteiger partial charge in [-0.2, -0.15) is 4.98 Å². The number of ether oxygens (including phenoxy) is 2. The van der Waals surface area contributed by atoms with Crippen LogP contribution in [0.4, 0.5) is 11.8 Å². The molecule has 2 aliphatic heterocycles. The Morgan fingerprint density at radius 3 is 2.79 bits per heavy atom. The Balaban J connectivity index is 1.36. The zero-order valence-electron chi connectivity index (χ0n) is 16.6. The van der Waals surface area contributed by atoms with Crippen LogP contribution in [0.3, 0.4) is 0 Å². The first kappa shape index (κ1) is 18.9. The Morgan fingerprint density at radius 1 is 1.18 bits per heavy atom. The molecule has 4 heterocycles. The highest BCUT2D eigenvalue weighted by molar-refractivity contribution is 5.44. The average molecular weight is 384 g/mol. The van der Waals surface area contributed by atoms with Crippen LogP contribution in [0.1, 0.15) is 12.0 Å². The number of methoxy groups -OCH3 is 1. The zero-order chi connectivity index (χ0) is 19.3. The summed E-state index contributed by atoms with van der Waals surface area (Å²) in [5.74, 6) is 2.43. The van der Waals surface area contributed by atoms with Gasteiger partial charge in [0, 0.05) is 64.3 Å². The van der Waals surface area contributed by atoms with Crippen molar-refractivity contribution in [1.82, 2.24) is 19.9 Å². The Bertz CT molecular complexity index is 766. The van der Waals surface area contributed by atoms with Gasteiger partial charge in [-0.15, -0.1) is 0 Å². The molecule has 150 valence electrons. The number of nitrogens with zero attached hydrogens (tertiary/aromatic N) is 6. The van der Waals surface area contributed by atoms with Crippen molar-refractivity contribution in [2.75, 3.05) is 63.4 Å². The summed E-state index contributed by atoms with van der Waals surface area (Å²) < 4.78 is 10.6. The number of rotatable bonds is 6. The molecule has 0 aliphatic carbocycles. The topological polar surface area (TPSA) is 66.9 Å². The summed E-state index contributed by atoms with van der Waals surface area (Å²) in [4.78, 5) is 20.5. The summed E-state index contributed by atoms with van der Waals surface area (Å²) in [7, 11) is 3.77. The molecule has 0 saturated carbocycles. The van der Waals surface area contributed by atoms with Crippen LogP contribution in [-0.4, -0.2) is 79.4 Å². The van der Waals surface area contributed by atoms with Crippen LogP contribution in [0.5, 0.6) is 5.88 Å². The normalized spacial score (nSPS) is 20.4. The van der Waals surface area contributed by atoms with Crippen LogP contribution in [-0.2, 0) is 11.3 Å². The zero-order valence-corrected chi connectivity index (χ0v) is 16.6. The molecule has 0 amide bonds. The molecule has 0 bridgehead atoms. The molecule has 2 fully saturated rings. The van der Waals surface area contributed by atoms with Crippen molar-refractivity contribution in [1.29, 1.82) is 0 Å². The van der Waals surface area contributed by atoms with E-state index in [-0.39, 0.29) is 0 Å². The molecule has 28 heavy (non-hydrogen) atoms. The third-order valence-electron chi connectivity index (χ3n) is 5.49. The average Bonchev–Trinajstić information content (AvgIpc) is 3.23. The fraction of sp³-hybridized carbons (Fsp3) is 0.550. The van der Waals surface area contributed by atoms with Crippen molar-refractivity contribution in [3.8, 4) is 5.88 Å². The van der Waals surface area contributed by atoms with E-state index >= 15 is 0 Å². The van der Waals surface area contributed by atoms with Crippen molar-refractivity contribution in [3.63, 3.8) is 0 Å². The van der Waals surface area contributed by atoms with Crippen LogP contribution in [0.25, 0.3) is 0 Å². The summed E-state index contributed by atoms with van der Waals surface area (Å²) in [5.41, 5.74) is 1.21. The van der Waals surface area contributed by atoms with Crippen LogP contribution in [0.15, 0.2) is 30.6 Å². The van der Waals surface area contributed by atoms with Crippen molar-refractivity contribution in [3.05, 3.63) is 36.2 Å². The van der Waals surface area contributed by atoms with Crippen molar-refractivity contribution < 1.29 is 9.47 Å². The third kappa shape index (κ3) is 4.34. The van der Waals surface area contributed by atoms with E-state index in [2.05, 4.69) is 37.8 Å². The first-order valence-electron chi connectivity index (χ1n) is 9.83. The molecule has 2 aromatic heterocycles. The van der Waals surface area contributed by atoms with Crippen LogP contribution < -0.4 is 14.5 Å². The Labute approximate surface area is 166 Å². The summed E-state index contributed by atoms with van der Waals surface area (Å²) >= 11 is 0. The lowest BCUT2D eigenvalue weighted by Crippen LogP contribution is -2.38. The van der Waals surface area contributed by atoms with Gasteiger partial charge in [0.25, 0.3) is 0 Å². The first-order chi connectivity index (χ1) is 13.7. The number of anilines is 2. The first-order valence-corrected chi connectivity index (χ1v) is 9.83. The summed E-state index contributed by atoms with van der Waals surface area (Å²) in [6, 6.07) is 6.45. The maximum atomic E-state index is 5.43. The fourth-order valence-corrected chi connectivity index (χ4v) is 3.79. The van der Waals surface area contributed by atoms with Crippen molar-refractivity contribution >= 4 is 11.8 Å². The van der Waals surface area contributed by atoms with Crippen LogP contribution >= 0.6 is 0 Å².